The van der Waals surface area contributed by atoms with E-state index in [0.29, 0.717) is 38.5 Å². The zero-order valence-electron chi connectivity index (χ0n) is 13.7. The van der Waals surface area contributed by atoms with Crippen molar-refractivity contribution in [2.24, 2.45) is 0 Å². The molecule has 0 radical (unpaired) electrons. The van der Waals surface area contributed by atoms with Gasteiger partial charge < -0.3 is 19.5 Å². The molecule has 130 valence electrons. The lowest BCUT2D eigenvalue weighted by molar-refractivity contribution is -0.141. The molecule has 0 spiro atoms. The Morgan fingerprint density at radius 2 is 2.16 bits per heavy atom. The monoisotopic (exact) mass is 358 g/mol. The second kappa shape index (κ2) is 6.50. The van der Waals surface area contributed by atoms with Crippen LogP contribution in [0.15, 0.2) is 16.2 Å². The lowest BCUT2D eigenvalue weighted by Crippen LogP contribution is -2.51. The van der Waals surface area contributed by atoms with E-state index in [2.05, 4.69) is 4.98 Å². The third kappa shape index (κ3) is 2.79. The highest BCUT2D eigenvalue weighted by Crippen LogP contribution is 2.31. The van der Waals surface area contributed by atoms with Gasteiger partial charge in [0.1, 0.15) is 22.6 Å². The summed E-state index contributed by atoms with van der Waals surface area (Å²) in [6.07, 6.45) is 1.43. The smallest absolute Gasteiger partial charge is 0.269 e. The quantitative estimate of drug-likeness (QED) is 0.874. The highest BCUT2D eigenvalue weighted by molar-refractivity contribution is 7.16. The second-order valence-electron chi connectivity index (χ2n) is 6.27. The Morgan fingerprint density at radius 3 is 2.84 bits per heavy atom. The molecule has 1 amide bonds. The number of H-pyrrole nitrogens is 1. The molecule has 2 aromatic heterocycles. The fraction of sp³-hybridized carbons (Fsp3) is 0.471. The number of thiophene rings is 1. The van der Waals surface area contributed by atoms with E-state index in [9.17, 15) is 14.9 Å². The van der Waals surface area contributed by atoms with Crippen molar-refractivity contribution in [3.05, 3.63) is 27.4 Å². The van der Waals surface area contributed by atoms with Crippen molar-refractivity contribution in [3.63, 3.8) is 0 Å². The van der Waals surface area contributed by atoms with E-state index in [1.54, 1.807) is 0 Å². The van der Waals surface area contributed by atoms with Crippen LogP contribution in [0.3, 0.4) is 0 Å². The number of anilines is 1. The second-order valence-corrected chi connectivity index (χ2v) is 7.18. The van der Waals surface area contributed by atoms with Crippen molar-refractivity contribution in [1.29, 1.82) is 5.26 Å². The van der Waals surface area contributed by atoms with Crippen LogP contribution in [0.4, 0.5) is 5.69 Å². The lowest BCUT2D eigenvalue weighted by Gasteiger charge is -2.37. The highest BCUT2D eigenvalue weighted by Gasteiger charge is 2.31. The molecular formula is C17H18N4O3S. The summed E-state index contributed by atoms with van der Waals surface area (Å²) in [6, 6.07) is 3.97. The third-order valence-electron chi connectivity index (χ3n) is 4.84. The number of pyridine rings is 1. The van der Waals surface area contributed by atoms with Crippen LogP contribution in [0.25, 0.3) is 10.2 Å². The number of nitrogens with one attached hydrogen (secondary N) is 1. The first-order valence-corrected chi connectivity index (χ1v) is 9.26. The summed E-state index contributed by atoms with van der Waals surface area (Å²) in [5.74, 6) is 0.0595. The molecule has 1 unspecified atom stereocenters. The lowest BCUT2D eigenvalue weighted by atomic mass is 10.1. The number of hydrogen-bond acceptors (Lipinski definition) is 6. The molecule has 4 rings (SSSR count). The van der Waals surface area contributed by atoms with Crippen LogP contribution in [0, 0.1) is 11.3 Å². The first-order valence-electron chi connectivity index (χ1n) is 8.38. The van der Waals surface area contributed by atoms with E-state index in [-0.39, 0.29) is 23.1 Å². The summed E-state index contributed by atoms with van der Waals surface area (Å²) in [6.45, 7) is 3.00. The number of ether oxygens (including phenoxy) is 1. The number of piperazine rings is 1. The van der Waals surface area contributed by atoms with Gasteiger partial charge in [-0.15, -0.1) is 11.3 Å². The SMILES string of the molecule is N#Cc1c(N2CCN(C(=O)C3CCCO3)CC2)c2ccsc2[nH]c1=O. The standard InChI is InChI=1S/C17H18N4O3S/c18-10-12-14(11-3-9-25-16(11)19-15(12)22)20-4-6-21(7-5-20)17(23)13-2-1-8-24-13/h3,9,13H,1-2,4-8H2,(H,19,22). The van der Waals surface area contributed by atoms with Crippen LogP contribution < -0.4 is 10.5 Å². The van der Waals surface area contributed by atoms with Crippen LogP contribution in [0.2, 0.25) is 0 Å². The van der Waals surface area contributed by atoms with E-state index in [4.69, 9.17) is 4.74 Å². The Kier molecular flexibility index (Phi) is 4.19. The number of aromatic nitrogens is 1. The number of nitrogens with zero attached hydrogens (tertiary/aromatic N) is 3. The Balaban J connectivity index is 1.58. The topological polar surface area (TPSA) is 89.4 Å². The van der Waals surface area contributed by atoms with Crippen LogP contribution in [0.1, 0.15) is 18.4 Å². The molecule has 25 heavy (non-hydrogen) atoms. The summed E-state index contributed by atoms with van der Waals surface area (Å²) in [7, 11) is 0. The van der Waals surface area contributed by atoms with Crippen molar-refractivity contribution >= 4 is 33.1 Å². The van der Waals surface area contributed by atoms with Crippen molar-refractivity contribution in [3.8, 4) is 6.07 Å². The summed E-state index contributed by atoms with van der Waals surface area (Å²) >= 11 is 1.45. The molecule has 8 heteroatoms. The van der Waals surface area contributed by atoms with E-state index < -0.39 is 0 Å². The summed E-state index contributed by atoms with van der Waals surface area (Å²) in [5.41, 5.74) is 0.474. The van der Waals surface area contributed by atoms with E-state index in [0.717, 1.165) is 23.1 Å². The Morgan fingerprint density at radius 1 is 1.36 bits per heavy atom. The molecule has 2 aliphatic rings. The maximum absolute atomic E-state index is 12.5. The summed E-state index contributed by atoms with van der Waals surface area (Å²) < 4.78 is 5.49. The van der Waals surface area contributed by atoms with Gasteiger partial charge in [-0.3, -0.25) is 9.59 Å². The van der Waals surface area contributed by atoms with Crippen LogP contribution in [0.5, 0.6) is 0 Å². The van der Waals surface area contributed by atoms with Gasteiger partial charge in [0.15, 0.2) is 0 Å². The molecule has 0 aliphatic carbocycles. The Hall–Kier alpha value is -2.37. The molecule has 1 N–H and O–H groups in total. The molecule has 0 bridgehead atoms. The molecule has 2 fully saturated rings. The Bertz CT molecular complexity index is 899. The molecule has 1 atom stereocenters. The molecule has 2 aromatic rings. The van der Waals surface area contributed by atoms with Gasteiger partial charge in [-0.2, -0.15) is 5.26 Å². The van der Waals surface area contributed by atoms with Gasteiger partial charge in [0.2, 0.25) is 0 Å². The number of carbonyl (C=O) groups is 1. The number of carbonyl (C=O) groups excluding carboxylic acids is 1. The fourth-order valence-corrected chi connectivity index (χ4v) is 4.34. The van der Waals surface area contributed by atoms with Gasteiger partial charge in [0.25, 0.3) is 11.5 Å². The number of fused-ring (bicyclic) bond motifs is 1. The molecule has 7 nitrogen and oxygen atoms in total. The number of nitriles is 1. The number of amides is 1. The first kappa shape index (κ1) is 16.1. The van der Waals surface area contributed by atoms with E-state index in [1.165, 1.54) is 11.3 Å². The molecular weight excluding hydrogens is 340 g/mol. The minimum atomic E-state index is -0.356. The average Bonchev–Trinajstić information content (AvgIpc) is 3.31. The number of aromatic amines is 1. The van der Waals surface area contributed by atoms with Gasteiger partial charge in [0, 0.05) is 38.2 Å². The highest BCUT2D eigenvalue weighted by atomic mass is 32.1. The molecule has 0 aromatic carbocycles. The molecule has 2 aliphatic heterocycles. The van der Waals surface area contributed by atoms with Gasteiger partial charge in [0.05, 0.1) is 5.69 Å². The van der Waals surface area contributed by atoms with E-state index >= 15 is 0 Å². The minimum Gasteiger partial charge on any atom is -0.368 e. The molecule has 4 heterocycles. The summed E-state index contributed by atoms with van der Waals surface area (Å²) in [4.78, 5) is 32.1. The first-order chi connectivity index (χ1) is 12.2. The number of rotatable bonds is 2. The van der Waals surface area contributed by atoms with Crippen LogP contribution >= 0.6 is 11.3 Å². The molecule has 2 saturated heterocycles. The largest absolute Gasteiger partial charge is 0.368 e. The van der Waals surface area contributed by atoms with Crippen molar-refractivity contribution < 1.29 is 9.53 Å². The van der Waals surface area contributed by atoms with Gasteiger partial charge in [-0.25, -0.2) is 0 Å². The Labute approximate surface area is 148 Å². The van der Waals surface area contributed by atoms with Crippen molar-refractivity contribution in [1.82, 2.24) is 9.88 Å². The maximum atomic E-state index is 12.5. The average molecular weight is 358 g/mol. The zero-order chi connectivity index (χ0) is 17.4. The van der Waals surface area contributed by atoms with Gasteiger partial charge in [-0.1, -0.05) is 0 Å². The maximum Gasteiger partial charge on any atom is 0.269 e. The number of hydrogen-bond donors (Lipinski definition) is 1. The predicted molar refractivity (Wildman–Crippen MR) is 94.9 cm³/mol. The minimum absolute atomic E-state index is 0.0595. The summed E-state index contributed by atoms with van der Waals surface area (Å²) in [5, 5.41) is 12.2. The normalized spacial score (nSPS) is 20.8. The van der Waals surface area contributed by atoms with Crippen molar-refractivity contribution in [2.75, 3.05) is 37.7 Å². The fourth-order valence-electron chi connectivity index (χ4n) is 3.56. The zero-order valence-corrected chi connectivity index (χ0v) is 14.5. The van der Waals surface area contributed by atoms with Crippen LogP contribution in [-0.4, -0.2) is 54.7 Å². The van der Waals surface area contributed by atoms with Crippen molar-refractivity contribution in [2.45, 2.75) is 18.9 Å². The van der Waals surface area contributed by atoms with Gasteiger partial charge in [-0.05, 0) is 24.3 Å². The van der Waals surface area contributed by atoms with E-state index in [1.807, 2.05) is 27.3 Å². The molecule has 0 saturated carbocycles. The van der Waals surface area contributed by atoms with Gasteiger partial charge >= 0.3 is 0 Å². The predicted octanol–water partition coefficient (Wildman–Crippen LogP) is 1.29. The third-order valence-corrected chi connectivity index (χ3v) is 5.67. The van der Waals surface area contributed by atoms with Crippen LogP contribution in [-0.2, 0) is 9.53 Å².